The van der Waals surface area contributed by atoms with Crippen LogP contribution in [-0.4, -0.2) is 5.97 Å². The lowest BCUT2D eigenvalue weighted by Crippen LogP contribution is -2.01. The van der Waals surface area contributed by atoms with Gasteiger partial charge in [0.05, 0.1) is 0 Å². The minimum absolute atomic E-state index is 0.376. The maximum atomic E-state index is 12.8. The van der Waals surface area contributed by atoms with E-state index in [4.69, 9.17) is 4.74 Å². The fraction of sp³-hybridized carbons (Fsp3) is 0.129. The summed E-state index contributed by atoms with van der Waals surface area (Å²) in [5.74, 6) is 0.117. The molecule has 0 N–H and O–H groups in total. The molecule has 3 aromatic rings. The average molecular weight is 435 g/mol. The number of esters is 1. The molecule has 0 aromatic heterocycles. The van der Waals surface area contributed by atoms with E-state index in [1.165, 1.54) is 0 Å². The van der Waals surface area contributed by atoms with Gasteiger partial charge in [0.2, 0.25) is 0 Å². The number of hydrogen-bond donors (Lipinski definition) is 0. The van der Waals surface area contributed by atoms with Crippen molar-refractivity contribution in [1.29, 1.82) is 0 Å². The maximum Gasteiger partial charge on any atom is 0.336 e. The fourth-order valence-electron chi connectivity index (χ4n) is 3.22. The van der Waals surface area contributed by atoms with Crippen molar-refractivity contribution < 1.29 is 9.53 Å². The van der Waals surface area contributed by atoms with E-state index in [-0.39, 0.29) is 5.97 Å². The van der Waals surface area contributed by atoms with Gasteiger partial charge in [0, 0.05) is 6.08 Å². The van der Waals surface area contributed by atoms with Gasteiger partial charge in [-0.3, -0.25) is 0 Å². The predicted octanol–water partition coefficient (Wildman–Crippen LogP) is 8.11. The van der Waals surface area contributed by atoms with Gasteiger partial charge in [-0.05, 0) is 47.3 Å². The highest BCUT2D eigenvalue weighted by atomic mass is 16.5. The topological polar surface area (TPSA) is 26.3 Å². The van der Waals surface area contributed by atoms with Gasteiger partial charge in [-0.15, -0.1) is 0 Å². The van der Waals surface area contributed by atoms with Crippen molar-refractivity contribution in [2.24, 2.45) is 0 Å². The van der Waals surface area contributed by atoms with Crippen molar-refractivity contribution in [3.8, 4) is 0 Å². The van der Waals surface area contributed by atoms with Gasteiger partial charge in [0.25, 0.3) is 0 Å². The lowest BCUT2D eigenvalue weighted by molar-refractivity contribution is -0.133. The maximum absolute atomic E-state index is 12.8. The van der Waals surface area contributed by atoms with E-state index in [1.54, 1.807) is 6.08 Å². The third-order valence-electron chi connectivity index (χ3n) is 4.98. The summed E-state index contributed by atoms with van der Waals surface area (Å²) in [7, 11) is 0. The Kier molecular flexibility index (Phi) is 9.71. The van der Waals surface area contributed by atoms with Crippen molar-refractivity contribution in [2.45, 2.75) is 26.2 Å². The highest BCUT2D eigenvalue weighted by molar-refractivity contribution is 5.85. The highest BCUT2D eigenvalue weighted by Gasteiger charge is 2.05. The molecule has 0 fully saturated rings. The fourth-order valence-corrected chi connectivity index (χ4v) is 3.22. The molecular weight excluding hydrogens is 404 g/mol. The van der Waals surface area contributed by atoms with E-state index in [0.717, 1.165) is 41.5 Å². The Morgan fingerprint density at radius 1 is 0.727 bits per heavy atom. The van der Waals surface area contributed by atoms with E-state index in [1.807, 2.05) is 121 Å². The Labute approximate surface area is 197 Å². The summed E-state index contributed by atoms with van der Waals surface area (Å²) in [6, 6.07) is 29.9. The summed E-state index contributed by atoms with van der Waals surface area (Å²) in [5, 5.41) is 0. The number of benzene rings is 3. The number of ether oxygens (including phenoxy) is 1. The van der Waals surface area contributed by atoms with Crippen LogP contribution in [0.15, 0.2) is 121 Å². The molecule has 33 heavy (non-hydrogen) atoms. The molecule has 3 aromatic carbocycles. The third kappa shape index (κ3) is 9.00. The number of allylic oxidation sites excluding steroid dienone is 3. The molecule has 0 spiro atoms. The largest absolute Gasteiger partial charge is 0.423 e. The molecule has 0 heterocycles. The molecule has 0 bridgehead atoms. The first-order valence-corrected chi connectivity index (χ1v) is 11.4. The van der Waals surface area contributed by atoms with Gasteiger partial charge in [-0.2, -0.15) is 0 Å². The summed E-state index contributed by atoms with van der Waals surface area (Å²) >= 11 is 0. The molecular formula is C31H30O2. The lowest BCUT2D eigenvalue weighted by Gasteiger charge is -2.06. The smallest absolute Gasteiger partial charge is 0.336 e. The summed E-state index contributed by atoms with van der Waals surface area (Å²) in [6.45, 7) is 2.14. The molecule has 0 saturated heterocycles. The Morgan fingerprint density at radius 3 is 1.79 bits per heavy atom. The van der Waals surface area contributed by atoms with Crippen molar-refractivity contribution in [3.63, 3.8) is 0 Å². The zero-order chi connectivity index (χ0) is 23.1. The molecule has 2 nitrogen and oxygen atoms in total. The van der Waals surface area contributed by atoms with E-state index < -0.39 is 0 Å². The Balaban J connectivity index is 1.80. The van der Waals surface area contributed by atoms with Crippen LogP contribution >= 0.6 is 0 Å². The summed E-state index contributed by atoms with van der Waals surface area (Å²) in [4.78, 5) is 12.8. The number of carbonyl (C=O) groups excluding carboxylic acids is 1. The number of unbranched alkanes of at least 4 members (excludes halogenated alkanes) is 1. The van der Waals surface area contributed by atoms with E-state index in [0.29, 0.717) is 5.76 Å². The van der Waals surface area contributed by atoms with Gasteiger partial charge in [0.1, 0.15) is 5.76 Å². The molecule has 166 valence electrons. The SMILES string of the molecule is CCCCC(C=Cc1ccccc1)=CC(=O)OC(C=Cc1ccccc1)=Cc1ccccc1. The first-order valence-electron chi connectivity index (χ1n) is 11.4. The Hall–Kier alpha value is -3.91. The van der Waals surface area contributed by atoms with Crippen LogP contribution < -0.4 is 0 Å². The molecule has 0 amide bonds. The van der Waals surface area contributed by atoms with Crippen LogP contribution in [0.3, 0.4) is 0 Å². The summed E-state index contributed by atoms with van der Waals surface area (Å²) in [6.07, 6.45) is 14.2. The summed E-state index contributed by atoms with van der Waals surface area (Å²) < 4.78 is 5.76. The quantitative estimate of drug-likeness (QED) is 0.139. The second kappa shape index (κ2) is 13.5. The van der Waals surface area contributed by atoms with Crippen LogP contribution in [0.5, 0.6) is 0 Å². The molecule has 0 saturated carbocycles. The van der Waals surface area contributed by atoms with Crippen LogP contribution in [0.4, 0.5) is 0 Å². The Morgan fingerprint density at radius 2 is 1.24 bits per heavy atom. The molecule has 0 radical (unpaired) electrons. The Bertz CT molecular complexity index is 1110. The van der Waals surface area contributed by atoms with Crippen molar-refractivity contribution in [2.75, 3.05) is 0 Å². The second-order valence-corrected chi connectivity index (χ2v) is 7.69. The van der Waals surface area contributed by atoms with E-state index in [2.05, 4.69) is 6.92 Å². The van der Waals surface area contributed by atoms with Crippen LogP contribution in [0.2, 0.25) is 0 Å². The van der Waals surface area contributed by atoms with Gasteiger partial charge >= 0.3 is 5.97 Å². The van der Waals surface area contributed by atoms with Crippen LogP contribution in [-0.2, 0) is 9.53 Å². The van der Waals surface area contributed by atoms with Crippen LogP contribution in [0.25, 0.3) is 18.2 Å². The molecule has 0 aliphatic carbocycles. The van der Waals surface area contributed by atoms with Crippen LogP contribution in [0.1, 0.15) is 42.9 Å². The second-order valence-electron chi connectivity index (χ2n) is 7.69. The minimum Gasteiger partial charge on any atom is -0.423 e. The van der Waals surface area contributed by atoms with Crippen molar-refractivity contribution in [3.05, 3.63) is 137 Å². The predicted molar refractivity (Wildman–Crippen MR) is 139 cm³/mol. The molecule has 0 atom stereocenters. The molecule has 3 rings (SSSR count). The van der Waals surface area contributed by atoms with Crippen LogP contribution in [0, 0.1) is 0 Å². The van der Waals surface area contributed by atoms with Gasteiger partial charge < -0.3 is 4.74 Å². The average Bonchev–Trinajstić information content (AvgIpc) is 2.86. The summed E-state index contributed by atoms with van der Waals surface area (Å²) in [5.41, 5.74) is 4.06. The minimum atomic E-state index is -0.376. The highest BCUT2D eigenvalue weighted by Crippen LogP contribution is 2.16. The zero-order valence-electron chi connectivity index (χ0n) is 19.1. The van der Waals surface area contributed by atoms with Crippen molar-refractivity contribution >= 4 is 24.2 Å². The number of carbonyl (C=O) groups is 1. The molecule has 0 aliphatic heterocycles. The molecule has 0 unspecified atom stereocenters. The van der Waals surface area contributed by atoms with Crippen molar-refractivity contribution in [1.82, 2.24) is 0 Å². The van der Waals surface area contributed by atoms with Gasteiger partial charge in [0.15, 0.2) is 0 Å². The third-order valence-corrected chi connectivity index (χ3v) is 4.98. The lowest BCUT2D eigenvalue weighted by atomic mass is 10.1. The number of hydrogen-bond acceptors (Lipinski definition) is 2. The first-order chi connectivity index (χ1) is 16.2. The van der Waals surface area contributed by atoms with Gasteiger partial charge in [-0.1, -0.05) is 123 Å². The molecule has 2 heteroatoms. The first kappa shape index (κ1) is 23.7. The standard InChI is InChI=1S/C31H30O2/c1-2-3-13-29(21-20-26-14-7-4-8-15-26)25-31(32)33-30(24-28-18-11-6-12-19-28)23-22-27-16-9-5-10-17-27/h4-12,14-25H,2-3,13H2,1H3. The van der Waals surface area contributed by atoms with E-state index in [9.17, 15) is 4.79 Å². The van der Waals surface area contributed by atoms with E-state index >= 15 is 0 Å². The number of rotatable bonds is 10. The monoisotopic (exact) mass is 434 g/mol. The zero-order valence-corrected chi connectivity index (χ0v) is 19.1. The normalized spacial score (nSPS) is 12.4. The van der Waals surface area contributed by atoms with Gasteiger partial charge in [-0.25, -0.2) is 4.79 Å². The molecule has 0 aliphatic rings.